The van der Waals surface area contributed by atoms with Crippen LogP contribution in [0.1, 0.15) is 13.3 Å². The molecule has 0 saturated heterocycles. The van der Waals surface area contributed by atoms with Crippen molar-refractivity contribution in [1.29, 1.82) is 0 Å². The van der Waals surface area contributed by atoms with Gasteiger partial charge in [0.05, 0.1) is 94.5 Å². The predicted molar refractivity (Wildman–Crippen MR) is 173 cm³/mol. The first-order chi connectivity index (χ1) is 23.1. The Balaban J connectivity index is 1.60. The fraction of sp³-hybridized carbons (Fsp3) is 0.636. The molecule has 0 fully saturated rings. The van der Waals surface area contributed by atoms with E-state index in [-0.39, 0.29) is 19.8 Å². The van der Waals surface area contributed by atoms with Gasteiger partial charge in [0.2, 0.25) is 0 Å². The summed E-state index contributed by atoms with van der Waals surface area (Å²) in [5, 5.41) is 9.09. The molecule has 14 nitrogen and oxygen atoms in total. The highest BCUT2D eigenvalue weighted by Gasteiger charge is 2.15. The van der Waals surface area contributed by atoms with Gasteiger partial charge >= 0.3 is 0 Å². The molecule has 0 aliphatic rings. The molecule has 2 aromatic carbocycles. The maximum atomic E-state index is 9.09. The lowest BCUT2D eigenvalue weighted by atomic mass is 10.2. The molecule has 0 atom stereocenters. The van der Waals surface area contributed by atoms with Crippen molar-refractivity contribution in [3.05, 3.63) is 24.3 Å². The highest BCUT2D eigenvalue weighted by atomic mass is 16.6. The fourth-order valence-electron chi connectivity index (χ4n) is 3.93. The Hall–Kier alpha value is -3.40. The van der Waals surface area contributed by atoms with Crippen LogP contribution in [0.25, 0.3) is 0 Å². The van der Waals surface area contributed by atoms with Crippen molar-refractivity contribution in [2.24, 2.45) is 0 Å². The summed E-state index contributed by atoms with van der Waals surface area (Å²) in [5.74, 6) is 3.98. The van der Waals surface area contributed by atoms with Gasteiger partial charge in [-0.25, -0.2) is 0 Å². The topological polar surface area (TPSA) is 140 Å². The Labute approximate surface area is 277 Å². The van der Waals surface area contributed by atoms with Crippen LogP contribution in [-0.2, 0) is 23.7 Å². The van der Waals surface area contributed by atoms with Gasteiger partial charge in [-0.3, -0.25) is 0 Å². The molecule has 2 rings (SSSR count). The summed E-state index contributed by atoms with van der Waals surface area (Å²) in [4.78, 5) is 0. The maximum absolute atomic E-state index is 9.09. The normalized spacial score (nSPS) is 10.9. The molecule has 0 heterocycles. The Bertz CT molecular complexity index is 1080. The van der Waals surface area contributed by atoms with E-state index in [1.165, 1.54) is 14.2 Å². The number of aliphatic hydroxyl groups is 1. The Morgan fingerprint density at radius 2 is 0.617 bits per heavy atom. The maximum Gasteiger partial charge on any atom is 0.165 e. The second kappa shape index (κ2) is 25.7. The quantitative estimate of drug-likeness (QED) is 0.121. The Morgan fingerprint density at radius 1 is 0.362 bits per heavy atom. The van der Waals surface area contributed by atoms with Gasteiger partial charge in [-0.1, -0.05) is 6.92 Å². The van der Waals surface area contributed by atoms with Crippen LogP contribution in [-0.4, -0.2) is 133 Å². The van der Waals surface area contributed by atoms with Gasteiger partial charge in [-0.15, -0.1) is 0 Å². The lowest BCUT2D eigenvalue weighted by molar-refractivity contribution is 0.00461. The first-order valence-corrected chi connectivity index (χ1v) is 15.6. The third-order valence-corrected chi connectivity index (χ3v) is 6.17. The van der Waals surface area contributed by atoms with Gasteiger partial charge in [0.15, 0.2) is 46.0 Å². The van der Waals surface area contributed by atoms with E-state index in [0.717, 1.165) is 13.0 Å². The third-order valence-electron chi connectivity index (χ3n) is 6.17. The SMILES string of the molecule is CCCOCCOCCOc1cc(OC)c(OC)cc1OCCOCCOCCOCCOc1cc(OC)c(OC)cc1OCCO. The van der Waals surface area contributed by atoms with Crippen LogP contribution >= 0.6 is 0 Å². The van der Waals surface area contributed by atoms with Crippen molar-refractivity contribution in [3.8, 4) is 46.0 Å². The summed E-state index contributed by atoms with van der Waals surface area (Å²) in [6.45, 7) is 7.48. The third kappa shape index (κ3) is 15.8. The number of ether oxygens (including phenoxy) is 13. The average Bonchev–Trinajstić information content (AvgIpc) is 3.10. The van der Waals surface area contributed by atoms with E-state index in [2.05, 4.69) is 6.92 Å². The van der Waals surface area contributed by atoms with E-state index in [1.54, 1.807) is 38.5 Å². The Kier molecular flexibility index (Phi) is 21.7. The zero-order valence-electron chi connectivity index (χ0n) is 28.4. The molecule has 1 N–H and O–H groups in total. The van der Waals surface area contributed by atoms with Gasteiger partial charge in [0.25, 0.3) is 0 Å². The monoisotopic (exact) mass is 672 g/mol. The molecule has 0 spiro atoms. The van der Waals surface area contributed by atoms with E-state index >= 15 is 0 Å². The second-order valence-corrected chi connectivity index (χ2v) is 9.49. The minimum Gasteiger partial charge on any atom is -0.493 e. The highest BCUT2D eigenvalue weighted by molar-refractivity contribution is 5.55. The van der Waals surface area contributed by atoms with Gasteiger partial charge < -0.3 is 66.7 Å². The lowest BCUT2D eigenvalue weighted by Gasteiger charge is -2.16. The van der Waals surface area contributed by atoms with E-state index in [1.807, 2.05) is 0 Å². The highest BCUT2D eigenvalue weighted by Crippen LogP contribution is 2.40. The van der Waals surface area contributed by atoms with Crippen molar-refractivity contribution in [1.82, 2.24) is 0 Å². The number of hydrogen-bond acceptors (Lipinski definition) is 14. The van der Waals surface area contributed by atoms with Crippen molar-refractivity contribution in [2.75, 3.05) is 128 Å². The summed E-state index contributed by atoms with van der Waals surface area (Å²) >= 11 is 0. The molecule has 0 unspecified atom stereocenters. The van der Waals surface area contributed by atoms with Crippen LogP contribution in [0.15, 0.2) is 24.3 Å². The smallest absolute Gasteiger partial charge is 0.165 e. The number of benzene rings is 2. The standard InChI is InChI=1S/C33H52O14/c1-6-8-39-10-11-41-16-20-46-32-24-28(37-4)29(38-5)25-33(32)47-21-18-43-15-13-40-12-14-42-17-19-45-31-23-27(36-3)26(35-2)22-30(31)44-9-7-34/h22-25,34H,6-21H2,1-5H3. The molecule has 2 aromatic rings. The summed E-state index contributed by atoms with van der Waals surface area (Å²) in [7, 11) is 6.19. The summed E-state index contributed by atoms with van der Waals surface area (Å²) < 4.78 is 72.3. The van der Waals surface area contributed by atoms with E-state index in [4.69, 9.17) is 66.7 Å². The van der Waals surface area contributed by atoms with Crippen LogP contribution in [0.5, 0.6) is 46.0 Å². The number of hydrogen-bond donors (Lipinski definition) is 1. The van der Waals surface area contributed by atoms with Crippen LogP contribution < -0.4 is 37.9 Å². The van der Waals surface area contributed by atoms with Crippen molar-refractivity contribution < 1.29 is 66.7 Å². The summed E-state index contributed by atoms with van der Waals surface area (Å²) in [6, 6.07) is 6.77. The van der Waals surface area contributed by atoms with Crippen LogP contribution in [0.2, 0.25) is 0 Å². The molecule has 47 heavy (non-hydrogen) atoms. The first-order valence-electron chi connectivity index (χ1n) is 15.6. The molecule has 0 bridgehead atoms. The summed E-state index contributed by atoms with van der Waals surface area (Å²) in [6.07, 6.45) is 0.980. The van der Waals surface area contributed by atoms with Gasteiger partial charge in [-0.05, 0) is 6.42 Å². The van der Waals surface area contributed by atoms with E-state index in [9.17, 15) is 0 Å². The van der Waals surface area contributed by atoms with Crippen LogP contribution in [0, 0.1) is 0 Å². The molecular formula is C33H52O14. The summed E-state index contributed by atoms with van der Waals surface area (Å²) in [5.41, 5.74) is 0. The number of aliphatic hydroxyl groups excluding tert-OH is 1. The lowest BCUT2D eigenvalue weighted by Crippen LogP contribution is -2.15. The van der Waals surface area contributed by atoms with Gasteiger partial charge in [0, 0.05) is 30.9 Å². The molecule has 268 valence electrons. The van der Waals surface area contributed by atoms with Crippen molar-refractivity contribution in [2.45, 2.75) is 13.3 Å². The minimum atomic E-state index is -0.126. The molecular weight excluding hydrogens is 620 g/mol. The Morgan fingerprint density at radius 3 is 0.872 bits per heavy atom. The largest absolute Gasteiger partial charge is 0.493 e. The zero-order valence-corrected chi connectivity index (χ0v) is 28.4. The van der Waals surface area contributed by atoms with E-state index in [0.29, 0.717) is 119 Å². The first kappa shape index (κ1) is 39.8. The minimum absolute atomic E-state index is 0.122. The zero-order chi connectivity index (χ0) is 34.0. The van der Waals surface area contributed by atoms with Gasteiger partial charge in [-0.2, -0.15) is 0 Å². The number of rotatable bonds is 30. The van der Waals surface area contributed by atoms with Crippen molar-refractivity contribution >= 4 is 0 Å². The molecule has 0 radical (unpaired) electrons. The molecule has 0 saturated carbocycles. The predicted octanol–water partition coefficient (Wildman–Crippen LogP) is 3.42. The van der Waals surface area contributed by atoms with Crippen LogP contribution in [0.3, 0.4) is 0 Å². The van der Waals surface area contributed by atoms with Crippen molar-refractivity contribution in [3.63, 3.8) is 0 Å². The van der Waals surface area contributed by atoms with E-state index < -0.39 is 0 Å². The van der Waals surface area contributed by atoms with Gasteiger partial charge in [0.1, 0.15) is 26.4 Å². The molecule has 0 aliphatic heterocycles. The van der Waals surface area contributed by atoms with Crippen LogP contribution in [0.4, 0.5) is 0 Å². The number of methoxy groups -OCH3 is 4. The second-order valence-electron chi connectivity index (χ2n) is 9.49. The molecule has 0 aliphatic carbocycles. The fourth-order valence-corrected chi connectivity index (χ4v) is 3.93. The molecule has 14 heteroatoms. The molecule has 0 amide bonds. The average molecular weight is 673 g/mol. The molecule has 0 aromatic heterocycles.